The van der Waals surface area contributed by atoms with Crippen molar-refractivity contribution in [2.45, 2.75) is 11.8 Å². The van der Waals surface area contributed by atoms with E-state index in [-0.39, 0.29) is 10.8 Å². The van der Waals surface area contributed by atoms with Crippen molar-refractivity contribution in [1.82, 2.24) is 5.16 Å². The molecule has 4 rings (SSSR count). The molecule has 0 saturated carbocycles. The molecular weight excluding hydrogens is 414 g/mol. The summed E-state index contributed by atoms with van der Waals surface area (Å²) < 4.78 is 33.6. The molecule has 8 heteroatoms. The largest absolute Gasteiger partial charge is 0.361 e. The van der Waals surface area contributed by atoms with E-state index in [2.05, 4.69) is 15.2 Å². The van der Waals surface area contributed by atoms with Crippen LogP contribution in [0.3, 0.4) is 0 Å². The number of rotatable bonds is 6. The average Bonchev–Trinajstić information content (AvgIpc) is 3.21. The lowest BCUT2D eigenvalue weighted by Gasteiger charge is -2.13. The van der Waals surface area contributed by atoms with Gasteiger partial charge in [0.25, 0.3) is 15.9 Å². The molecule has 0 radical (unpaired) electrons. The number of sulfonamides is 1. The van der Waals surface area contributed by atoms with E-state index in [4.69, 9.17) is 4.52 Å². The highest BCUT2D eigenvalue weighted by atomic mass is 32.2. The molecule has 1 amide bonds. The van der Waals surface area contributed by atoms with Crippen molar-refractivity contribution in [3.05, 3.63) is 96.4 Å². The first-order valence-corrected chi connectivity index (χ1v) is 10.9. The van der Waals surface area contributed by atoms with E-state index in [9.17, 15) is 13.2 Å². The summed E-state index contributed by atoms with van der Waals surface area (Å²) in [5.41, 5.74) is 2.65. The third-order valence-electron chi connectivity index (χ3n) is 4.65. The first-order valence-electron chi connectivity index (χ1n) is 9.44. The Morgan fingerprint density at radius 2 is 1.52 bits per heavy atom. The van der Waals surface area contributed by atoms with Crippen LogP contribution in [0.2, 0.25) is 0 Å². The summed E-state index contributed by atoms with van der Waals surface area (Å²) in [7, 11) is -3.83. The van der Waals surface area contributed by atoms with Gasteiger partial charge in [0.1, 0.15) is 11.3 Å². The maximum atomic E-state index is 13.1. The van der Waals surface area contributed by atoms with Gasteiger partial charge < -0.3 is 9.84 Å². The third-order valence-corrected chi connectivity index (χ3v) is 6.09. The minimum atomic E-state index is -3.83. The Morgan fingerprint density at radius 1 is 0.871 bits per heavy atom. The fraction of sp³-hybridized carbons (Fsp3) is 0.0435. The van der Waals surface area contributed by atoms with Gasteiger partial charge in [-0.2, -0.15) is 0 Å². The van der Waals surface area contributed by atoms with Crippen molar-refractivity contribution >= 4 is 27.3 Å². The Balaban J connectivity index is 1.53. The number of nitrogens with zero attached hydrogens (tertiary/aromatic N) is 1. The molecular formula is C23H19N3O4S. The van der Waals surface area contributed by atoms with Crippen LogP contribution in [0.5, 0.6) is 0 Å². The number of nitrogens with one attached hydrogen (secondary N) is 2. The van der Waals surface area contributed by atoms with Crippen LogP contribution in [-0.2, 0) is 10.0 Å². The predicted octanol–water partition coefficient (Wildman–Crippen LogP) is 4.70. The van der Waals surface area contributed by atoms with Crippen molar-refractivity contribution < 1.29 is 17.7 Å². The molecule has 3 aromatic carbocycles. The molecule has 1 heterocycles. The van der Waals surface area contributed by atoms with E-state index in [0.29, 0.717) is 28.3 Å². The maximum Gasteiger partial charge on any atom is 0.262 e. The van der Waals surface area contributed by atoms with Gasteiger partial charge in [-0.25, -0.2) is 8.42 Å². The predicted molar refractivity (Wildman–Crippen MR) is 118 cm³/mol. The lowest BCUT2D eigenvalue weighted by Crippen LogP contribution is -2.14. The molecule has 0 aliphatic heterocycles. The number of aromatic nitrogens is 1. The highest BCUT2D eigenvalue weighted by Gasteiger charge is 2.19. The summed E-state index contributed by atoms with van der Waals surface area (Å²) in [5.74, 6) is 0.0582. The number of aryl methyl sites for hydroxylation is 1. The number of carbonyl (C=O) groups is 1. The number of hydrogen-bond donors (Lipinski definition) is 2. The lowest BCUT2D eigenvalue weighted by atomic mass is 10.1. The number of amides is 1. The van der Waals surface area contributed by atoms with Crippen molar-refractivity contribution in [3.63, 3.8) is 0 Å². The van der Waals surface area contributed by atoms with E-state index >= 15 is 0 Å². The van der Waals surface area contributed by atoms with E-state index in [0.717, 1.165) is 5.56 Å². The monoisotopic (exact) mass is 433 g/mol. The average molecular weight is 433 g/mol. The number of benzene rings is 3. The van der Waals surface area contributed by atoms with Gasteiger partial charge in [0.05, 0.1) is 11.1 Å². The summed E-state index contributed by atoms with van der Waals surface area (Å²) >= 11 is 0. The molecule has 0 bridgehead atoms. The maximum absolute atomic E-state index is 13.1. The molecule has 0 fully saturated rings. The standard InChI is InChI=1S/C23H19N3O4S/c1-16-21(15-24-30-16)23(27)25-18-11-13-19(14-12-18)26-31(28,29)22-10-6-5-9-20(22)17-7-3-2-4-8-17/h2-15,26H,1H3,(H,25,27). The molecule has 0 aliphatic carbocycles. The Kier molecular flexibility index (Phi) is 5.55. The minimum Gasteiger partial charge on any atom is -0.361 e. The Bertz CT molecular complexity index is 1310. The minimum absolute atomic E-state index is 0.182. The molecule has 1 aromatic heterocycles. The van der Waals surface area contributed by atoms with E-state index < -0.39 is 10.0 Å². The van der Waals surface area contributed by atoms with Gasteiger partial charge in [-0.05, 0) is 42.8 Å². The molecule has 2 N–H and O–H groups in total. The highest BCUT2D eigenvalue weighted by molar-refractivity contribution is 7.92. The highest BCUT2D eigenvalue weighted by Crippen LogP contribution is 2.28. The molecule has 0 atom stereocenters. The van der Waals surface area contributed by atoms with Gasteiger partial charge in [0, 0.05) is 16.9 Å². The fourth-order valence-corrected chi connectivity index (χ4v) is 4.39. The summed E-state index contributed by atoms with van der Waals surface area (Å²) in [6.07, 6.45) is 1.34. The van der Waals surface area contributed by atoms with Gasteiger partial charge in [-0.1, -0.05) is 53.7 Å². The SMILES string of the molecule is Cc1oncc1C(=O)Nc1ccc(NS(=O)(=O)c2ccccc2-c2ccccc2)cc1. The van der Waals surface area contributed by atoms with Gasteiger partial charge >= 0.3 is 0 Å². The lowest BCUT2D eigenvalue weighted by molar-refractivity contribution is 0.102. The molecule has 156 valence electrons. The smallest absolute Gasteiger partial charge is 0.262 e. The molecule has 0 aliphatic rings. The summed E-state index contributed by atoms with van der Waals surface area (Å²) in [5, 5.41) is 6.31. The summed E-state index contributed by atoms with van der Waals surface area (Å²) in [6.45, 7) is 1.65. The Hall–Kier alpha value is -3.91. The van der Waals surface area contributed by atoms with Crippen LogP contribution in [-0.4, -0.2) is 19.5 Å². The van der Waals surface area contributed by atoms with Crippen molar-refractivity contribution in [2.75, 3.05) is 10.0 Å². The molecule has 0 spiro atoms. The van der Waals surface area contributed by atoms with Crippen LogP contribution in [0.4, 0.5) is 11.4 Å². The zero-order chi connectivity index (χ0) is 21.8. The Morgan fingerprint density at radius 3 is 2.19 bits per heavy atom. The van der Waals surface area contributed by atoms with E-state index in [1.807, 2.05) is 30.3 Å². The third kappa shape index (κ3) is 4.49. The van der Waals surface area contributed by atoms with Crippen LogP contribution in [0.1, 0.15) is 16.1 Å². The second-order valence-electron chi connectivity index (χ2n) is 6.79. The summed E-state index contributed by atoms with van der Waals surface area (Å²) in [4.78, 5) is 12.4. The molecule has 0 unspecified atom stereocenters. The van der Waals surface area contributed by atoms with Crippen molar-refractivity contribution in [3.8, 4) is 11.1 Å². The quantitative estimate of drug-likeness (QED) is 0.459. The van der Waals surface area contributed by atoms with E-state index in [1.165, 1.54) is 6.20 Å². The van der Waals surface area contributed by atoms with E-state index in [1.54, 1.807) is 55.5 Å². The van der Waals surface area contributed by atoms with Crippen LogP contribution in [0.25, 0.3) is 11.1 Å². The van der Waals surface area contributed by atoms with Crippen molar-refractivity contribution in [2.24, 2.45) is 0 Å². The molecule has 7 nitrogen and oxygen atoms in total. The summed E-state index contributed by atoms with van der Waals surface area (Å²) in [6, 6.07) is 22.6. The zero-order valence-electron chi connectivity index (χ0n) is 16.6. The molecule has 0 saturated heterocycles. The van der Waals surface area contributed by atoms with Crippen LogP contribution in [0.15, 0.2) is 94.5 Å². The van der Waals surface area contributed by atoms with Gasteiger partial charge in [-0.3, -0.25) is 9.52 Å². The molecule has 31 heavy (non-hydrogen) atoms. The van der Waals surface area contributed by atoms with Gasteiger partial charge in [-0.15, -0.1) is 0 Å². The van der Waals surface area contributed by atoms with Crippen molar-refractivity contribution in [1.29, 1.82) is 0 Å². The van der Waals surface area contributed by atoms with Crippen LogP contribution < -0.4 is 10.0 Å². The number of hydrogen-bond acceptors (Lipinski definition) is 5. The van der Waals surface area contributed by atoms with Crippen LogP contribution >= 0.6 is 0 Å². The zero-order valence-corrected chi connectivity index (χ0v) is 17.4. The first kappa shape index (κ1) is 20.4. The van der Waals surface area contributed by atoms with Gasteiger partial charge in [0.15, 0.2) is 0 Å². The molecule has 4 aromatic rings. The second-order valence-corrected chi connectivity index (χ2v) is 8.45. The first-order chi connectivity index (χ1) is 14.9. The fourth-order valence-electron chi connectivity index (χ4n) is 3.10. The normalized spacial score (nSPS) is 11.1. The Labute approximate surface area is 179 Å². The van der Waals surface area contributed by atoms with Crippen LogP contribution in [0, 0.1) is 6.92 Å². The van der Waals surface area contributed by atoms with Gasteiger partial charge in [0.2, 0.25) is 0 Å². The number of anilines is 2. The number of carbonyl (C=O) groups excluding carboxylic acids is 1. The second kappa shape index (κ2) is 8.45. The topological polar surface area (TPSA) is 101 Å².